The number of aryl methyl sites for hydroxylation is 2. The SMILES string of the molecule is Cc1ccccc1C(O)CNC(=O)c1c([N+](=O)[O-])cnn1C. The first kappa shape index (κ1) is 15.6. The second-order valence-electron chi connectivity index (χ2n) is 4.84. The van der Waals surface area contributed by atoms with Gasteiger partial charge in [0.1, 0.15) is 6.20 Å². The number of nitrogens with one attached hydrogen (secondary N) is 1. The molecule has 1 aromatic heterocycles. The molecular formula is C14H16N4O4. The molecule has 0 aliphatic heterocycles. The Morgan fingerprint density at radius 1 is 1.50 bits per heavy atom. The van der Waals surface area contributed by atoms with Crippen molar-refractivity contribution in [2.75, 3.05) is 6.54 Å². The number of hydrogen-bond donors (Lipinski definition) is 2. The van der Waals surface area contributed by atoms with E-state index in [0.29, 0.717) is 5.56 Å². The third kappa shape index (κ3) is 3.12. The molecule has 22 heavy (non-hydrogen) atoms. The Hall–Kier alpha value is -2.74. The van der Waals surface area contributed by atoms with Crippen LogP contribution in [0.4, 0.5) is 5.69 Å². The Bertz CT molecular complexity index is 711. The molecule has 2 rings (SSSR count). The lowest BCUT2D eigenvalue weighted by molar-refractivity contribution is -0.385. The van der Waals surface area contributed by atoms with Gasteiger partial charge >= 0.3 is 5.69 Å². The third-order valence-electron chi connectivity index (χ3n) is 3.33. The van der Waals surface area contributed by atoms with Crippen LogP contribution in [-0.4, -0.2) is 32.3 Å². The number of rotatable bonds is 5. The summed E-state index contributed by atoms with van der Waals surface area (Å²) in [7, 11) is 1.44. The number of nitrogens with zero attached hydrogens (tertiary/aromatic N) is 3. The van der Waals surface area contributed by atoms with Gasteiger partial charge in [-0.1, -0.05) is 24.3 Å². The van der Waals surface area contributed by atoms with Crippen LogP contribution >= 0.6 is 0 Å². The second-order valence-corrected chi connectivity index (χ2v) is 4.84. The molecule has 1 unspecified atom stereocenters. The number of aromatic nitrogens is 2. The number of hydrogen-bond acceptors (Lipinski definition) is 5. The molecule has 116 valence electrons. The normalized spacial score (nSPS) is 12.0. The molecule has 0 saturated heterocycles. The van der Waals surface area contributed by atoms with Crippen LogP contribution in [0.2, 0.25) is 0 Å². The second kappa shape index (κ2) is 6.35. The van der Waals surface area contributed by atoms with Gasteiger partial charge in [-0.05, 0) is 18.1 Å². The first-order chi connectivity index (χ1) is 10.4. The molecule has 1 atom stereocenters. The molecule has 8 nitrogen and oxygen atoms in total. The minimum absolute atomic E-state index is 0.0496. The van der Waals surface area contributed by atoms with E-state index in [-0.39, 0.29) is 17.9 Å². The van der Waals surface area contributed by atoms with Crippen LogP contribution in [0, 0.1) is 17.0 Å². The van der Waals surface area contributed by atoms with E-state index in [0.717, 1.165) is 16.4 Å². The molecular weight excluding hydrogens is 288 g/mol. The van der Waals surface area contributed by atoms with Crippen LogP contribution < -0.4 is 5.32 Å². The number of nitro groups is 1. The maximum absolute atomic E-state index is 12.1. The number of amides is 1. The maximum atomic E-state index is 12.1. The van der Waals surface area contributed by atoms with E-state index >= 15 is 0 Å². The van der Waals surface area contributed by atoms with Crippen molar-refractivity contribution in [3.8, 4) is 0 Å². The number of carbonyl (C=O) groups excluding carboxylic acids is 1. The average Bonchev–Trinajstić information content (AvgIpc) is 2.87. The van der Waals surface area contributed by atoms with Crippen LogP contribution in [-0.2, 0) is 7.05 Å². The van der Waals surface area contributed by atoms with Gasteiger partial charge < -0.3 is 10.4 Å². The first-order valence-electron chi connectivity index (χ1n) is 6.60. The summed E-state index contributed by atoms with van der Waals surface area (Å²) in [4.78, 5) is 22.3. The van der Waals surface area contributed by atoms with Gasteiger partial charge in [0.05, 0.1) is 11.0 Å². The van der Waals surface area contributed by atoms with Crippen molar-refractivity contribution < 1.29 is 14.8 Å². The van der Waals surface area contributed by atoms with Gasteiger partial charge in [0.15, 0.2) is 0 Å². The lowest BCUT2D eigenvalue weighted by Gasteiger charge is -2.14. The highest BCUT2D eigenvalue weighted by molar-refractivity contribution is 5.96. The van der Waals surface area contributed by atoms with Gasteiger partial charge in [0.25, 0.3) is 5.91 Å². The highest BCUT2D eigenvalue weighted by Gasteiger charge is 2.25. The Morgan fingerprint density at radius 3 is 2.82 bits per heavy atom. The molecule has 0 saturated carbocycles. The number of aliphatic hydroxyl groups excluding tert-OH is 1. The molecule has 2 aromatic rings. The highest BCUT2D eigenvalue weighted by atomic mass is 16.6. The van der Waals surface area contributed by atoms with E-state index in [2.05, 4.69) is 10.4 Å². The zero-order valence-corrected chi connectivity index (χ0v) is 12.2. The van der Waals surface area contributed by atoms with Crippen molar-refractivity contribution in [2.45, 2.75) is 13.0 Å². The van der Waals surface area contributed by atoms with Gasteiger partial charge in [-0.3, -0.25) is 19.6 Å². The molecule has 0 radical (unpaired) electrons. The fourth-order valence-electron chi connectivity index (χ4n) is 2.17. The minimum Gasteiger partial charge on any atom is -0.387 e. The Balaban J connectivity index is 2.09. The third-order valence-corrected chi connectivity index (χ3v) is 3.33. The maximum Gasteiger partial charge on any atom is 0.320 e. The van der Waals surface area contributed by atoms with E-state index < -0.39 is 16.9 Å². The molecule has 0 aliphatic carbocycles. The largest absolute Gasteiger partial charge is 0.387 e. The number of aliphatic hydroxyl groups is 1. The number of benzene rings is 1. The van der Waals surface area contributed by atoms with Crippen LogP contribution in [0.3, 0.4) is 0 Å². The summed E-state index contributed by atoms with van der Waals surface area (Å²) >= 11 is 0. The summed E-state index contributed by atoms with van der Waals surface area (Å²) in [5, 5.41) is 27.2. The van der Waals surface area contributed by atoms with E-state index in [1.807, 2.05) is 19.1 Å². The molecule has 2 N–H and O–H groups in total. The van der Waals surface area contributed by atoms with Crippen molar-refractivity contribution >= 4 is 11.6 Å². The van der Waals surface area contributed by atoms with Crippen LogP contribution in [0.5, 0.6) is 0 Å². The molecule has 1 amide bonds. The van der Waals surface area contributed by atoms with Crippen molar-refractivity contribution in [1.29, 1.82) is 0 Å². The standard InChI is InChI=1S/C14H16N4O4/c1-9-5-3-4-6-10(9)12(19)8-15-14(20)13-11(18(21)22)7-16-17(13)2/h3-7,12,19H,8H2,1-2H3,(H,15,20). The lowest BCUT2D eigenvalue weighted by atomic mass is 10.0. The Kier molecular flexibility index (Phi) is 4.52. The predicted octanol–water partition coefficient (Wildman–Crippen LogP) is 1.10. The van der Waals surface area contributed by atoms with Gasteiger partial charge in [0, 0.05) is 13.6 Å². The summed E-state index contributed by atoms with van der Waals surface area (Å²) < 4.78 is 1.13. The first-order valence-corrected chi connectivity index (χ1v) is 6.60. The topological polar surface area (TPSA) is 110 Å². The fourth-order valence-corrected chi connectivity index (χ4v) is 2.17. The zero-order valence-electron chi connectivity index (χ0n) is 12.2. The summed E-state index contributed by atoms with van der Waals surface area (Å²) in [6.07, 6.45) is 0.129. The van der Waals surface area contributed by atoms with Crippen molar-refractivity contribution in [1.82, 2.24) is 15.1 Å². The van der Waals surface area contributed by atoms with Crippen molar-refractivity contribution in [3.05, 3.63) is 57.4 Å². The molecule has 8 heteroatoms. The van der Waals surface area contributed by atoms with Crippen LogP contribution in [0.25, 0.3) is 0 Å². The van der Waals surface area contributed by atoms with E-state index in [1.165, 1.54) is 7.05 Å². The summed E-state index contributed by atoms with van der Waals surface area (Å²) in [6.45, 7) is 1.80. The predicted molar refractivity (Wildman–Crippen MR) is 78.3 cm³/mol. The van der Waals surface area contributed by atoms with Gasteiger partial charge in [-0.15, -0.1) is 0 Å². The number of carbonyl (C=O) groups is 1. The lowest BCUT2D eigenvalue weighted by Crippen LogP contribution is -2.30. The van der Waals surface area contributed by atoms with Crippen LogP contribution in [0.15, 0.2) is 30.5 Å². The average molecular weight is 304 g/mol. The molecule has 0 aliphatic rings. The zero-order chi connectivity index (χ0) is 16.3. The van der Waals surface area contributed by atoms with Crippen molar-refractivity contribution in [2.24, 2.45) is 7.05 Å². The molecule has 1 heterocycles. The van der Waals surface area contributed by atoms with Crippen LogP contribution in [0.1, 0.15) is 27.7 Å². The van der Waals surface area contributed by atoms with E-state index in [9.17, 15) is 20.0 Å². The summed E-state index contributed by atoms with van der Waals surface area (Å²) in [6, 6.07) is 7.26. The fraction of sp³-hybridized carbons (Fsp3) is 0.286. The molecule has 0 fully saturated rings. The smallest absolute Gasteiger partial charge is 0.320 e. The Labute approximate surface area is 126 Å². The van der Waals surface area contributed by atoms with Gasteiger partial charge in [0.2, 0.25) is 5.69 Å². The monoisotopic (exact) mass is 304 g/mol. The molecule has 0 bridgehead atoms. The minimum atomic E-state index is -0.891. The Morgan fingerprint density at radius 2 is 2.18 bits per heavy atom. The van der Waals surface area contributed by atoms with E-state index in [4.69, 9.17) is 0 Å². The quantitative estimate of drug-likeness (QED) is 0.635. The van der Waals surface area contributed by atoms with Gasteiger partial charge in [-0.2, -0.15) is 5.10 Å². The van der Waals surface area contributed by atoms with Crippen molar-refractivity contribution in [3.63, 3.8) is 0 Å². The highest BCUT2D eigenvalue weighted by Crippen LogP contribution is 2.18. The molecule has 0 spiro atoms. The van der Waals surface area contributed by atoms with Gasteiger partial charge in [-0.25, -0.2) is 0 Å². The summed E-state index contributed by atoms with van der Waals surface area (Å²) in [5.41, 5.74) is 1.07. The molecule has 1 aromatic carbocycles. The summed E-state index contributed by atoms with van der Waals surface area (Å²) in [5.74, 6) is -0.653. The van der Waals surface area contributed by atoms with E-state index in [1.54, 1.807) is 12.1 Å².